The van der Waals surface area contributed by atoms with Crippen LogP contribution in [0.4, 0.5) is 5.69 Å². The number of hydrogen-bond donors (Lipinski definition) is 1. The Morgan fingerprint density at radius 1 is 1.13 bits per heavy atom. The van der Waals surface area contributed by atoms with Crippen molar-refractivity contribution in [2.75, 3.05) is 25.1 Å². The lowest BCUT2D eigenvalue weighted by Crippen LogP contribution is -2.43. The zero-order valence-electron chi connectivity index (χ0n) is 16.8. The third-order valence-corrected chi connectivity index (χ3v) is 6.22. The molecule has 1 saturated heterocycles. The number of aromatic nitrogens is 1. The van der Waals surface area contributed by atoms with E-state index in [-0.39, 0.29) is 11.8 Å². The number of H-pyrrole nitrogens is 1. The molecule has 3 aromatic rings. The number of para-hydroxylation sites is 1. The minimum atomic E-state index is -0.683. The van der Waals surface area contributed by atoms with Gasteiger partial charge >= 0.3 is 0 Å². The fourth-order valence-electron chi connectivity index (χ4n) is 4.72. The Kier molecular flexibility index (Phi) is 4.35. The van der Waals surface area contributed by atoms with E-state index in [0.29, 0.717) is 31.7 Å². The topological polar surface area (TPSA) is 65.6 Å². The summed E-state index contributed by atoms with van der Waals surface area (Å²) >= 11 is 0. The van der Waals surface area contributed by atoms with E-state index >= 15 is 0 Å². The summed E-state index contributed by atoms with van der Waals surface area (Å²) in [5, 5.41) is 0. The summed E-state index contributed by atoms with van der Waals surface area (Å²) in [5.74, 6) is 0.771. The maximum atomic E-state index is 13.7. The molecule has 2 aromatic carbocycles. The molecule has 1 unspecified atom stereocenters. The molecular weight excluding hydrogens is 378 g/mol. The molecule has 2 aliphatic heterocycles. The van der Waals surface area contributed by atoms with Crippen LogP contribution in [0.15, 0.2) is 66.9 Å². The number of nitrogens with one attached hydrogen (secondary N) is 1. The van der Waals surface area contributed by atoms with Crippen LogP contribution in [0.1, 0.15) is 28.0 Å². The SMILES string of the molecule is COc1cccc(CN2C(=O)C3(CCN(C(=O)c4ccc[nH]4)C3)c3ccccc32)c1. The van der Waals surface area contributed by atoms with Gasteiger partial charge in [0.2, 0.25) is 5.91 Å². The number of rotatable bonds is 4. The summed E-state index contributed by atoms with van der Waals surface area (Å²) in [7, 11) is 1.64. The van der Waals surface area contributed by atoms with E-state index in [0.717, 1.165) is 22.6 Å². The number of benzene rings is 2. The lowest BCUT2D eigenvalue weighted by atomic mass is 9.81. The first kappa shape index (κ1) is 18.5. The van der Waals surface area contributed by atoms with E-state index in [1.807, 2.05) is 59.5 Å². The third kappa shape index (κ3) is 2.79. The van der Waals surface area contributed by atoms with Gasteiger partial charge in [-0.25, -0.2) is 0 Å². The van der Waals surface area contributed by atoms with E-state index in [1.54, 1.807) is 24.3 Å². The van der Waals surface area contributed by atoms with Crippen molar-refractivity contribution in [3.05, 3.63) is 83.7 Å². The highest BCUT2D eigenvalue weighted by Crippen LogP contribution is 2.48. The van der Waals surface area contributed by atoms with Gasteiger partial charge in [0.15, 0.2) is 0 Å². The van der Waals surface area contributed by atoms with Crippen molar-refractivity contribution in [2.24, 2.45) is 0 Å². The Bertz CT molecular complexity index is 1110. The molecule has 0 saturated carbocycles. The van der Waals surface area contributed by atoms with Crippen LogP contribution in [-0.4, -0.2) is 41.9 Å². The van der Waals surface area contributed by atoms with E-state index in [9.17, 15) is 9.59 Å². The number of ether oxygens (including phenoxy) is 1. The number of carbonyl (C=O) groups excluding carboxylic acids is 2. The van der Waals surface area contributed by atoms with Gasteiger partial charge in [0.1, 0.15) is 11.4 Å². The molecule has 0 bridgehead atoms. The number of aromatic amines is 1. The zero-order chi connectivity index (χ0) is 20.7. The summed E-state index contributed by atoms with van der Waals surface area (Å²) in [6.45, 7) is 1.43. The molecule has 1 aromatic heterocycles. The normalized spacial score (nSPS) is 20.1. The number of anilines is 1. The summed E-state index contributed by atoms with van der Waals surface area (Å²) in [4.78, 5) is 33.2. The number of amides is 2. The first-order valence-electron chi connectivity index (χ1n) is 10.1. The monoisotopic (exact) mass is 401 g/mol. The standard InChI is InChI=1S/C24H23N3O3/c1-30-18-7-4-6-17(14-18)15-27-21-10-3-2-8-19(21)24(23(27)29)11-13-26(16-24)22(28)20-9-5-12-25-20/h2-10,12,14,25H,11,13,15-16H2,1H3. The minimum Gasteiger partial charge on any atom is -0.497 e. The summed E-state index contributed by atoms with van der Waals surface area (Å²) in [5.41, 5.74) is 2.82. The fourth-order valence-corrected chi connectivity index (χ4v) is 4.72. The average Bonchev–Trinajstić information content (AvgIpc) is 3.51. The number of likely N-dealkylation sites (tertiary alicyclic amines) is 1. The minimum absolute atomic E-state index is 0.0617. The Hall–Kier alpha value is -3.54. The van der Waals surface area contributed by atoms with Crippen LogP contribution in [0.2, 0.25) is 0 Å². The van der Waals surface area contributed by atoms with Gasteiger partial charge < -0.3 is 19.5 Å². The van der Waals surface area contributed by atoms with Crippen molar-refractivity contribution in [1.82, 2.24) is 9.88 Å². The van der Waals surface area contributed by atoms with Crippen molar-refractivity contribution in [3.63, 3.8) is 0 Å². The van der Waals surface area contributed by atoms with Gasteiger partial charge in [0.05, 0.1) is 19.1 Å². The van der Waals surface area contributed by atoms with Crippen molar-refractivity contribution in [3.8, 4) is 5.75 Å². The third-order valence-electron chi connectivity index (χ3n) is 6.22. The van der Waals surface area contributed by atoms with Crippen LogP contribution in [0.5, 0.6) is 5.75 Å². The van der Waals surface area contributed by atoms with Crippen LogP contribution in [-0.2, 0) is 16.8 Å². The summed E-state index contributed by atoms with van der Waals surface area (Å²) in [6, 6.07) is 19.3. The highest BCUT2D eigenvalue weighted by atomic mass is 16.5. The highest BCUT2D eigenvalue weighted by molar-refractivity contribution is 6.09. The lowest BCUT2D eigenvalue weighted by Gasteiger charge is -2.24. The Labute approximate surface area is 175 Å². The lowest BCUT2D eigenvalue weighted by molar-refractivity contribution is -0.122. The smallest absolute Gasteiger partial charge is 0.270 e. The maximum Gasteiger partial charge on any atom is 0.270 e. The van der Waals surface area contributed by atoms with Gasteiger partial charge in [-0.1, -0.05) is 30.3 Å². The zero-order valence-corrected chi connectivity index (χ0v) is 16.8. The molecule has 6 heteroatoms. The second-order valence-electron chi connectivity index (χ2n) is 7.90. The van der Waals surface area contributed by atoms with Gasteiger partial charge in [-0.05, 0) is 47.9 Å². The molecule has 5 rings (SSSR count). The van der Waals surface area contributed by atoms with Gasteiger partial charge in [-0.2, -0.15) is 0 Å². The van der Waals surface area contributed by atoms with Gasteiger partial charge in [0.25, 0.3) is 5.91 Å². The summed E-state index contributed by atoms with van der Waals surface area (Å²) in [6.07, 6.45) is 2.37. The van der Waals surface area contributed by atoms with Gasteiger partial charge in [-0.3, -0.25) is 9.59 Å². The van der Waals surface area contributed by atoms with E-state index in [2.05, 4.69) is 4.98 Å². The number of fused-ring (bicyclic) bond motifs is 2. The Morgan fingerprint density at radius 3 is 2.80 bits per heavy atom. The second-order valence-corrected chi connectivity index (χ2v) is 7.90. The van der Waals surface area contributed by atoms with E-state index in [1.165, 1.54) is 0 Å². The van der Waals surface area contributed by atoms with Crippen molar-refractivity contribution in [2.45, 2.75) is 18.4 Å². The highest BCUT2D eigenvalue weighted by Gasteiger charge is 2.55. The largest absolute Gasteiger partial charge is 0.497 e. The molecule has 2 aliphatic rings. The number of methoxy groups -OCH3 is 1. The number of hydrogen-bond acceptors (Lipinski definition) is 3. The molecule has 152 valence electrons. The molecule has 30 heavy (non-hydrogen) atoms. The maximum absolute atomic E-state index is 13.7. The first-order valence-corrected chi connectivity index (χ1v) is 10.1. The fraction of sp³-hybridized carbons (Fsp3) is 0.250. The van der Waals surface area contributed by atoms with Crippen LogP contribution >= 0.6 is 0 Å². The van der Waals surface area contributed by atoms with Crippen LogP contribution in [0, 0.1) is 0 Å². The molecule has 6 nitrogen and oxygen atoms in total. The summed E-state index contributed by atoms with van der Waals surface area (Å²) < 4.78 is 5.33. The van der Waals surface area contributed by atoms with Gasteiger partial charge in [0, 0.05) is 25.0 Å². The van der Waals surface area contributed by atoms with Crippen molar-refractivity contribution >= 4 is 17.5 Å². The van der Waals surface area contributed by atoms with Crippen LogP contribution in [0.25, 0.3) is 0 Å². The Morgan fingerprint density at radius 2 is 2.00 bits per heavy atom. The first-order chi connectivity index (χ1) is 14.6. The molecule has 0 radical (unpaired) electrons. The Balaban J connectivity index is 1.47. The number of carbonyl (C=O) groups is 2. The van der Waals surface area contributed by atoms with Crippen LogP contribution in [0.3, 0.4) is 0 Å². The second kappa shape index (κ2) is 7.06. The molecule has 1 fully saturated rings. The quantitative estimate of drug-likeness (QED) is 0.729. The average molecular weight is 401 g/mol. The van der Waals surface area contributed by atoms with Crippen LogP contribution < -0.4 is 9.64 Å². The van der Waals surface area contributed by atoms with Gasteiger partial charge in [-0.15, -0.1) is 0 Å². The molecule has 2 amide bonds. The molecule has 0 aliphatic carbocycles. The molecular formula is C24H23N3O3. The molecule has 1 spiro atoms. The number of nitrogens with zero attached hydrogens (tertiary/aromatic N) is 2. The molecule has 1 N–H and O–H groups in total. The van der Waals surface area contributed by atoms with Crippen molar-refractivity contribution < 1.29 is 14.3 Å². The predicted molar refractivity (Wildman–Crippen MR) is 114 cm³/mol. The molecule has 1 atom stereocenters. The van der Waals surface area contributed by atoms with E-state index in [4.69, 9.17) is 4.74 Å². The predicted octanol–water partition coefficient (Wildman–Crippen LogP) is 3.35. The van der Waals surface area contributed by atoms with E-state index < -0.39 is 5.41 Å². The van der Waals surface area contributed by atoms with Crippen molar-refractivity contribution in [1.29, 1.82) is 0 Å². The molecule has 3 heterocycles.